The molecule has 0 aromatic heterocycles. The van der Waals surface area contributed by atoms with Gasteiger partial charge in [0.1, 0.15) is 0 Å². The number of benzene rings is 1. The molecule has 0 spiro atoms. The van der Waals surface area contributed by atoms with E-state index in [1.54, 1.807) is 12.1 Å². The fraction of sp³-hybridized carbons (Fsp3) is 0.562. The third-order valence-corrected chi connectivity index (χ3v) is 4.03. The van der Waals surface area contributed by atoms with Crippen LogP contribution in [0.4, 0.5) is 18.9 Å². The van der Waals surface area contributed by atoms with E-state index in [9.17, 15) is 18.0 Å². The first-order chi connectivity index (χ1) is 10.4. The highest BCUT2D eigenvalue weighted by Gasteiger charge is 2.45. The number of alkyl halides is 3. The van der Waals surface area contributed by atoms with Gasteiger partial charge in [0.2, 0.25) is 5.91 Å². The largest absolute Gasteiger partial charge is 0.393 e. The topological polar surface area (TPSA) is 41.1 Å². The molecule has 22 heavy (non-hydrogen) atoms. The van der Waals surface area contributed by atoms with Crippen molar-refractivity contribution in [1.29, 1.82) is 0 Å². The predicted octanol–water partition coefficient (Wildman–Crippen LogP) is 3.86. The molecule has 0 heterocycles. The van der Waals surface area contributed by atoms with E-state index in [2.05, 4.69) is 10.6 Å². The summed E-state index contributed by atoms with van der Waals surface area (Å²) in [6.45, 7) is 1.83. The molecule has 6 heteroatoms. The predicted molar refractivity (Wildman–Crippen MR) is 79.4 cm³/mol. The summed E-state index contributed by atoms with van der Waals surface area (Å²) in [4.78, 5) is 10.9. The Morgan fingerprint density at radius 2 is 1.82 bits per heavy atom. The Hall–Kier alpha value is -1.56. The highest BCUT2D eigenvalue weighted by Crippen LogP contribution is 2.37. The summed E-state index contributed by atoms with van der Waals surface area (Å²) < 4.78 is 39.0. The molecule has 1 aliphatic carbocycles. The van der Waals surface area contributed by atoms with E-state index in [1.807, 2.05) is 12.1 Å². The van der Waals surface area contributed by atoms with Crippen molar-refractivity contribution in [2.75, 3.05) is 5.32 Å². The van der Waals surface area contributed by atoms with Crippen LogP contribution in [0.5, 0.6) is 0 Å². The number of anilines is 1. The summed E-state index contributed by atoms with van der Waals surface area (Å²) in [7, 11) is 0. The molecule has 0 saturated heterocycles. The molecule has 1 saturated carbocycles. The first kappa shape index (κ1) is 16.8. The molecule has 2 rings (SSSR count). The van der Waals surface area contributed by atoms with Crippen LogP contribution < -0.4 is 10.6 Å². The van der Waals surface area contributed by atoms with Crippen LogP contribution >= 0.6 is 0 Å². The summed E-state index contributed by atoms with van der Waals surface area (Å²) in [6.07, 6.45) is -1.87. The van der Waals surface area contributed by atoms with E-state index in [0.717, 1.165) is 12.0 Å². The maximum atomic E-state index is 13.0. The van der Waals surface area contributed by atoms with Gasteiger partial charge >= 0.3 is 6.18 Å². The molecular formula is C16H21F3N2O. The summed E-state index contributed by atoms with van der Waals surface area (Å²) in [6, 6.07) is 6.61. The Kier molecular flexibility index (Phi) is 5.45. The molecule has 0 aliphatic heterocycles. The van der Waals surface area contributed by atoms with Gasteiger partial charge in [-0.15, -0.1) is 0 Å². The van der Waals surface area contributed by atoms with E-state index in [1.165, 1.54) is 6.92 Å². The minimum Gasteiger partial charge on any atom is -0.326 e. The molecule has 0 radical (unpaired) electrons. The van der Waals surface area contributed by atoms with Crippen molar-refractivity contribution in [2.45, 2.75) is 51.4 Å². The molecule has 1 fully saturated rings. The Bertz CT molecular complexity index is 499. The second-order valence-corrected chi connectivity index (χ2v) is 5.80. The van der Waals surface area contributed by atoms with Gasteiger partial charge in [0, 0.05) is 25.2 Å². The molecule has 2 atom stereocenters. The van der Waals surface area contributed by atoms with Crippen LogP contribution in [0.25, 0.3) is 0 Å². The minimum absolute atomic E-state index is 0.152. The second-order valence-electron chi connectivity index (χ2n) is 5.80. The van der Waals surface area contributed by atoms with Crippen LogP contribution in [0, 0.1) is 5.92 Å². The zero-order valence-corrected chi connectivity index (χ0v) is 12.5. The van der Waals surface area contributed by atoms with Crippen molar-refractivity contribution < 1.29 is 18.0 Å². The molecule has 0 bridgehead atoms. The van der Waals surface area contributed by atoms with E-state index in [4.69, 9.17) is 0 Å². The molecule has 3 nitrogen and oxygen atoms in total. The van der Waals surface area contributed by atoms with Crippen molar-refractivity contribution in [1.82, 2.24) is 5.32 Å². The number of rotatable bonds is 4. The Labute approximate surface area is 128 Å². The summed E-state index contributed by atoms with van der Waals surface area (Å²) in [5.74, 6) is -1.40. The maximum absolute atomic E-state index is 13.0. The quantitative estimate of drug-likeness (QED) is 0.886. The van der Waals surface area contributed by atoms with Gasteiger partial charge in [0.15, 0.2) is 0 Å². The number of carbonyl (C=O) groups is 1. The van der Waals surface area contributed by atoms with Crippen molar-refractivity contribution in [3.05, 3.63) is 29.8 Å². The number of carbonyl (C=O) groups excluding carboxylic acids is 1. The van der Waals surface area contributed by atoms with Crippen LogP contribution in [-0.4, -0.2) is 18.1 Å². The lowest BCUT2D eigenvalue weighted by Crippen LogP contribution is -2.45. The fourth-order valence-electron chi connectivity index (χ4n) is 2.93. The number of hydrogen-bond acceptors (Lipinski definition) is 2. The van der Waals surface area contributed by atoms with Gasteiger partial charge in [0.05, 0.1) is 5.92 Å². The van der Waals surface area contributed by atoms with Gasteiger partial charge in [0.25, 0.3) is 0 Å². The van der Waals surface area contributed by atoms with Crippen LogP contribution in [0.3, 0.4) is 0 Å². The molecule has 122 valence electrons. The number of amides is 1. The van der Waals surface area contributed by atoms with Gasteiger partial charge in [-0.3, -0.25) is 4.79 Å². The van der Waals surface area contributed by atoms with Crippen molar-refractivity contribution in [3.8, 4) is 0 Å². The van der Waals surface area contributed by atoms with Gasteiger partial charge in [-0.05, 0) is 30.5 Å². The van der Waals surface area contributed by atoms with Crippen molar-refractivity contribution in [3.63, 3.8) is 0 Å². The van der Waals surface area contributed by atoms with Crippen molar-refractivity contribution >= 4 is 11.6 Å². The molecular weight excluding hydrogens is 293 g/mol. The second kappa shape index (κ2) is 7.13. The smallest absolute Gasteiger partial charge is 0.326 e. The van der Waals surface area contributed by atoms with E-state index < -0.39 is 18.1 Å². The standard InChI is InChI=1S/C16H21F3N2O/c1-11(22)21-13-8-6-12(7-9-13)10-20-15-5-3-2-4-14(15)16(17,18)19/h6-9,14-15,20H,2-5,10H2,1H3,(H,21,22)/t14-,15+/m1/s1. The molecule has 0 unspecified atom stereocenters. The van der Waals surface area contributed by atoms with E-state index in [0.29, 0.717) is 25.1 Å². The van der Waals surface area contributed by atoms with Crippen LogP contribution in [0.2, 0.25) is 0 Å². The molecule has 1 aromatic carbocycles. The SMILES string of the molecule is CC(=O)Nc1ccc(CN[C@H]2CCCC[C@H]2C(F)(F)F)cc1. The zero-order valence-electron chi connectivity index (χ0n) is 12.5. The zero-order chi connectivity index (χ0) is 16.2. The maximum Gasteiger partial charge on any atom is 0.393 e. The number of halogens is 3. The number of hydrogen-bond donors (Lipinski definition) is 2. The van der Waals surface area contributed by atoms with Gasteiger partial charge in [-0.2, -0.15) is 13.2 Å². The van der Waals surface area contributed by atoms with Crippen LogP contribution in [-0.2, 0) is 11.3 Å². The van der Waals surface area contributed by atoms with Crippen LogP contribution in [0.1, 0.15) is 38.2 Å². The molecule has 1 aromatic rings. The molecule has 2 N–H and O–H groups in total. The first-order valence-corrected chi connectivity index (χ1v) is 7.53. The third kappa shape index (κ3) is 4.73. The van der Waals surface area contributed by atoms with Gasteiger partial charge in [-0.1, -0.05) is 25.0 Å². The lowest BCUT2D eigenvalue weighted by Gasteiger charge is -2.33. The molecule has 1 amide bonds. The summed E-state index contributed by atoms with van der Waals surface area (Å²) in [5, 5.41) is 5.70. The monoisotopic (exact) mass is 314 g/mol. The van der Waals surface area contributed by atoms with Gasteiger partial charge < -0.3 is 10.6 Å². The minimum atomic E-state index is -4.13. The van der Waals surface area contributed by atoms with Crippen LogP contribution in [0.15, 0.2) is 24.3 Å². The third-order valence-electron chi connectivity index (χ3n) is 4.03. The average Bonchev–Trinajstić information content (AvgIpc) is 2.45. The Morgan fingerprint density at radius 3 is 2.41 bits per heavy atom. The van der Waals surface area contributed by atoms with E-state index in [-0.39, 0.29) is 12.3 Å². The lowest BCUT2D eigenvalue weighted by atomic mass is 9.84. The average molecular weight is 314 g/mol. The highest BCUT2D eigenvalue weighted by atomic mass is 19.4. The van der Waals surface area contributed by atoms with Crippen molar-refractivity contribution in [2.24, 2.45) is 5.92 Å². The summed E-state index contributed by atoms with van der Waals surface area (Å²) in [5.41, 5.74) is 1.59. The normalized spacial score (nSPS) is 22.4. The molecule has 1 aliphatic rings. The fourth-order valence-corrected chi connectivity index (χ4v) is 2.93. The van der Waals surface area contributed by atoms with E-state index >= 15 is 0 Å². The number of nitrogens with one attached hydrogen (secondary N) is 2. The summed E-state index contributed by atoms with van der Waals surface area (Å²) >= 11 is 0. The highest BCUT2D eigenvalue weighted by molar-refractivity contribution is 5.88. The lowest BCUT2D eigenvalue weighted by molar-refractivity contribution is -0.189. The Balaban J connectivity index is 1.92. The first-order valence-electron chi connectivity index (χ1n) is 7.53. The Morgan fingerprint density at radius 1 is 1.18 bits per heavy atom. The van der Waals surface area contributed by atoms with Gasteiger partial charge in [-0.25, -0.2) is 0 Å².